The van der Waals surface area contributed by atoms with Crippen molar-refractivity contribution in [1.29, 1.82) is 0 Å². The van der Waals surface area contributed by atoms with Crippen molar-refractivity contribution in [3.05, 3.63) is 17.5 Å². The molecule has 0 N–H and O–H groups in total. The smallest absolute Gasteiger partial charge is 0.276 e. The van der Waals surface area contributed by atoms with Crippen LogP contribution in [0.3, 0.4) is 0 Å². The first-order valence-corrected chi connectivity index (χ1v) is 9.68. The molecule has 3 saturated heterocycles. The maximum absolute atomic E-state index is 12.4. The molecule has 3 atom stereocenters. The second-order valence-electron chi connectivity index (χ2n) is 7.86. The number of rotatable bonds is 3. The van der Waals surface area contributed by atoms with Gasteiger partial charge in [0.15, 0.2) is 5.69 Å². The molecule has 0 spiro atoms. The fourth-order valence-electron chi connectivity index (χ4n) is 4.85. The van der Waals surface area contributed by atoms with Gasteiger partial charge >= 0.3 is 0 Å². The van der Waals surface area contributed by atoms with Gasteiger partial charge in [-0.3, -0.25) is 9.59 Å². The molecule has 7 heteroatoms. The van der Waals surface area contributed by atoms with Gasteiger partial charge < -0.3 is 19.1 Å². The summed E-state index contributed by atoms with van der Waals surface area (Å²) in [5.74, 6) is 0.789. The third kappa shape index (κ3) is 3.37. The topological polar surface area (TPSA) is 75.9 Å². The summed E-state index contributed by atoms with van der Waals surface area (Å²) in [4.78, 5) is 28.1. The molecule has 1 aromatic rings. The Morgan fingerprint density at radius 2 is 1.77 bits per heavy atom. The fourth-order valence-corrected chi connectivity index (χ4v) is 4.85. The van der Waals surface area contributed by atoms with E-state index in [2.05, 4.69) is 10.1 Å². The zero-order valence-electron chi connectivity index (χ0n) is 15.5. The number of aryl methyl sites for hydroxylation is 1. The van der Waals surface area contributed by atoms with E-state index in [4.69, 9.17) is 9.26 Å². The zero-order valence-corrected chi connectivity index (χ0v) is 15.5. The molecule has 1 aromatic heterocycles. The van der Waals surface area contributed by atoms with Gasteiger partial charge in [0, 0.05) is 38.2 Å². The van der Waals surface area contributed by atoms with Crippen LogP contribution in [0.15, 0.2) is 10.6 Å². The highest BCUT2D eigenvalue weighted by atomic mass is 16.5. The first-order valence-electron chi connectivity index (χ1n) is 9.68. The molecule has 3 fully saturated rings. The van der Waals surface area contributed by atoms with Gasteiger partial charge in [-0.1, -0.05) is 5.16 Å². The Bertz CT molecular complexity index is 666. The van der Waals surface area contributed by atoms with Gasteiger partial charge in [-0.25, -0.2) is 0 Å². The monoisotopic (exact) mass is 361 g/mol. The summed E-state index contributed by atoms with van der Waals surface area (Å²) in [6, 6.07) is 2.39. The van der Waals surface area contributed by atoms with Crippen LogP contribution in [0.4, 0.5) is 0 Å². The maximum atomic E-state index is 12.4. The summed E-state index contributed by atoms with van der Waals surface area (Å²) in [5.41, 5.74) is 0.384. The number of carbonyl (C=O) groups excluding carboxylic acids is 2. The van der Waals surface area contributed by atoms with Crippen molar-refractivity contribution in [1.82, 2.24) is 15.0 Å². The fraction of sp³-hybridized carbons (Fsp3) is 0.737. The Kier molecular flexibility index (Phi) is 4.73. The number of piperidine rings is 2. The molecule has 26 heavy (non-hydrogen) atoms. The zero-order chi connectivity index (χ0) is 18.3. The molecule has 142 valence electrons. The van der Waals surface area contributed by atoms with Crippen LogP contribution in [0, 0.1) is 6.92 Å². The van der Waals surface area contributed by atoms with Crippen LogP contribution in [0.1, 0.15) is 61.7 Å². The standard InChI is InChI=1S/C19H27N3O4/c1-12-9-18(20-26-12)19(24)21-7-5-16(6-8-21)25-17-10-14-3-4-15(11-17)22(14)13(2)23/h9,14-17H,3-8,10-11H2,1-2H3/t14-,15+,17?. The van der Waals surface area contributed by atoms with Crippen molar-refractivity contribution in [2.24, 2.45) is 0 Å². The summed E-state index contributed by atoms with van der Waals surface area (Å²) in [5, 5.41) is 3.82. The van der Waals surface area contributed by atoms with Gasteiger partial charge in [0.1, 0.15) is 5.76 Å². The minimum absolute atomic E-state index is 0.0619. The molecule has 1 unspecified atom stereocenters. The molecule has 0 radical (unpaired) electrons. The second kappa shape index (κ2) is 7.02. The van der Waals surface area contributed by atoms with Crippen LogP contribution in [-0.2, 0) is 9.53 Å². The van der Waals surface area contributed by atoms with Crippen LogP contribution in [0.2, 0.25) is 0 Å². The van der Waals surface area contributed by atoms with Crippen LogP contribution in [0.25, 0.3) is 0 Å². The van der Waals surface area contributed by atoms with Gasteiger partial charge in [0.05, 0.1) is 12.2 Å². The summed E-state index contributed by atoms with van der Waals surface area (Å²) < 4.78 is 11.4. The third-order valence-electron chi connectivity index (χ3n) is 6.01. The highest BCUT2D eigenvalue weighted by Gasteiger charge is 2.43. The SMILES string of the molecule is CC(=O)N1[C@@H]2CC[C@H]1CC(OC1CCN(C(=O)c3cc(C)on3)CC1)C2. The Morgan fingerprint density at radius 1 is 1.12 bits per heavy atom. The molecule has 2 amide bonds. The number of hydrogen-bond donors (Lipinski definition) is 0. The predicted molar refractivity (Wildman–Crippen MR) is 93.6 cm³/mol. The number of amides is 2. The molecule has 3 aliphatic rings. The molecule has 4 heterocycles. The van der Waals surface area contributed by atoms with E-state index >= 15 is 0 Å². The first kappa shape index (κ1) is 17.5. The van der Waals surface area contributed by atoms with E-state index in [0.29, 0.717) is 36.6 Å². The normalized spacial score (nSPS) is 29.2. The lowest BCUT2D eigenvalue weighted by atomic mass is 9.98. The van der Waals surface area contributed by atoms with Crippen LogP contribution < -0.4 is 0 Å². The number of ether oxygens (including phenoxy) is 1. The average Bonchev–Trinajstić information content (AvgIpc) is 3.16. The minimum Gasteiger partial charge on any atom is -0.375 e. The average molecular weight is 361 g/mol. The number of aromatic nitrogens is 1. The highest BCUT2D eigenvalue weighted by molar-refractivity contribution is 5.92. The van der Waals surface area contributed by atoms with Crippen LogP contribution in [-0.4, -0.2) is 64.2 Å². The number of fused-ring (bicyclic) bond motifs is 2. The molecule has 4 rings (SSSR count). The van der Waals surface area contributed by atoms with E-state index in [-0.39, 0.29) is 24.0 Å². The van der Waals surface area contributed by atoms with Crippen LogP contribution in [0.5, 0.6) is 0 Å². The molecule has 3 aliphatic heterocycles. The van der Waals surface area contributed by atoms with Crippen LogP contribution >= 0.6 is 0 Å². The number of carbonyl (C=O) groups is 2. The Morgan fingerprint density at radius 3 is 2.31 bits per heavy atom. The molecule has 0 saturated carbocycles. The van der Waals surface area contributed by atoms with E-state index < -0.39 is 0 Å². The summed E-state index contributed by atoms with van der Waals surface area (Å²) in [7, 11) is 0. The first-order chi connectivity index (χ1) is 12.5. The summed E-state index contributed by atoms with van der Waals surface area (Å²) in [6.45, 7) is 4.84. The molecule has 7 nitrogen and oxygen atoms in total. The van der Waals surface area contributed by atoms with E-state index in [1.54, 1.807) is 19.9 Å². The number of hydrogen-bond acceptors (Lipinski definition) is 5. The number of likely N-dealkylation sites (tertiary alicyclic amines) is 1. The van der Waals surface area contributed by atoms with Gasteiger partial charge in [0.25, 0.3) is 5.91 Å². The van der Waals surface area contributed by atoms with Gasteiger partial charge in [-0.05, 0) is 45.4 Å². The molecule has 2 bridgehead atoms. The lowest BCUT2D eigenvalue weighted by Crippen LogP contribution is -2.49. The molecular formula is C19H27N3O4. The van der Waals surface area contributed by atoms with Gasteiger partial charge in [-0.2, -0.15) is 0 Å². The van der Waals surface area contributed by atoms with E-state index in [0.717, 1.165) is 38.5 Å². The third-order valence-corrected chi connectivity index (χ3v) is 6.01. The lowest BCUT2D eigenvalue weighted by molar-refractivity contribution is -0.138. The summed E-state index contributed by atoms with van der Waals surface area (Å²) >= 11 is 0. The molecule has 0 aromatic carbocycles. The Hall–Kier alpha value is -1.89. The lowest BCUT2D eigenvalue weighted by Gasteiger charge is -2.40. The minimum atomic E-state index is -0.0619. The second-order valence-corrected chi connectivity index (χ2v) is 7.86. The number of nitrogens with zero attached hydrogens (tertiary/aromatic N) is 3. The van der Waals surface area contributed by atoms with Crippen molar-refractivity contribution in [3.8, 4) is 0 Å². The van der Waals surface area contributed by atoms with Crippen molar-refractivity contribution < 1.29 is 18.8 Å². The van der Waals surface area contributed by atoms with E-state index in [9.17, 15) is 9.59 Å². The van der Waals surface area contributed by atoms with Gasteiger partial charge in [-0.15, -0.1) is 0 Å². The van der Waals surface area contributed by atoms with Crippen molar-refractivity contribution in [2.75, 3.05) is 13.1 Å². The molecular weight excluding hydrogens is 334 g/mol. The van der Waals surface area contributed by atoms with Gasteiger partial charge in [0.2, 0.25) is 5.91 Å². The van der Waals surface area contributed by atoms with Crippen molar-refractivity contribution in [3.63, 3.8) is 0 Å². The van der Waals surface area contributed by atoms with E-state index in [1.165, 1.54) is 0 Å². The van der Waals surface area contributed by atoms with E-state index in [1.807, 2.05) is 4.90 Å². The Balaban J connectivity index is 1.27. The maximum Gasteiger partial charge on any atom is 0.276 e. The Labute approximate surface area is 153 Å². The highest BCUT2D eigenvalue weighted by Crippen LogP contribution is 2.37. The quantitative estimate of drug-likeness (QED) is 0.824. The summed E-state index contributed by atoms with van der Waals surface area (Å²) in [6.07, 6.45) is 6.26. The predicted octanol–water partition coefficient (Wildman–Crippen LogP) is 2.15. The van der Waals surface area contributed by atoms with Crippen molar-refractivity contribution in [2.45, 2.75) is 76.7 Å². The van der Waals surface area contributed by atoms with Crippen molar-refractivity contribution >= 4 is 11.8 Å². The largest absolute Gasteiger partial charge is 0.375 e. The molecule has 0 aliphatic carbocycles.